The minimum Gasteiger partial charge on any atom is -0.461 e. The first kappa shape index (κ1) is 8.81. The molecule has 0 spiro atoms. The summed E-state index contributed by atoms with van der Waals surface area (Å²) < 4.78 is 10.6. The second-order valence-electron chi connectivity index (χ2n) is 3.11. The second kappa shape index (κ2) is 3.18. The van der Waals surface area contributed by atoms with E-state index in [1.807, 2.05) is 0 Å². The fourth-order valence-corrected chi connectivity index (χ4v) is 1.37. The van der Waals surface area contributed by atoms with Gasteiger partial charge in [-0.2, -0.15) is 0 Å². The van der Waals surface area contributed by atoms with E-state index in [4.69, 9.17) is 8.83 Å². The van der Waals surface area contributed by atoms with Crippen LogP contribution in [0.1, 0.15) is 23.0 Å². The van der Waals surface area contributed by atoms with Gasteiger partial charge in [-0.25, -0.2) is 0 Å². The number of rotatable bonds is 2. The maximum atomic E-state index is 11.2. The van der Waals surface area contributed by atoms with Gasteiger partial charge in [0, 0.05) is 0 Å². The highest BCUT2D eigenvalue weighted by Gasteiger charge is 2.13. The molecule has 0 aliphatic heterocycles. The van der Waals surface area contributed by atoms with Crippen molar-refractivity contribution in [3.8, 4) is 11.5 Å². The Morgan fingerprint density at radius 3 is 2.64 bits per heavy atom. The maximum absolute atomic E-state index is 11.2. The summed E-state index contributed by atoms with van der Waals surface area (Å²) in [6, 6.07) is 5.28. The van der Waals surface area contributed by atoms with Crippen molar-refractivity contribution in [1.29, 1.82) is 0 Å². The molecule has 0 aliphatic carbocycles. The first-order valence-corrected chi connectivity index (χ1v) is 4.33. The normalized spacial score (nSPS) is 10.4. The zero-order chi connectivity index (χ0) is 10.1. The Morgan fingerprint density at radius 1 is 1.36 bits per heavy atom. The van der Waals surface area contributed by atoms with Gasteiger partial charge in [-0.05, 0) is 32.0 Å². The Bertz CT molecular complexity index is 449. The molecular weight excluding hydrogens is 180 g/mol. The molecule has 2 aromatic rings. The Balaban J connectivity index is 2.48. The highest BCUT2D eigenvalue weighted by atomic mass is 16.4. The van der Waals surface area contributed by atoms with E-state index in [1.165, 1.54) is 6.92 Å². The molecule has 0 fully saturated rings. The smallest absolute Gasteiger partial charge is 0.170 e. The number of hydrogen-bond donors (Lipinski definition) is 0. The lowest BCUT2D eigenvalue weighted by Crippen LogP contribution is -1.89. The van der Waals surface area contributed by atoms with Crippen LogP contribution >= 0.6 is 0 Å². The predicted octanol–water partition coefficient (Wildman–Crippen LogP) is 3.05. The van der Waals surface area contributed by atoms with E-state index in [2.05, 4.69) is 0 Å². The Morgan fingerprint density at radius 2 is 2.14 bits per heavy atom. The third-order valence-corrected chi connectivity index (χ3v) is 2.06. The summed E-state index contributed by atoms with van der Waals surface area (Å²) in [4.78, 5) is 11.2. The van der Waals surface area contributed by atoms with Crippen LogP contribution in [0.3, 0.4) is 0 Å². The minimum absolute atomic E-state index is 0.00376. The molecule has 0 radical (unpaired) electrons. The maximum Gasteiger partial charge on any atom is 0.170 e. The van der Waals surface area contributed by atoms with Gasteiger partial charge in [0.2, 0.25) is 0 Å². The van der Waals surface area contributed by atoms with Gasteiger partial charge in [0.1, 0.15) is 5.76 Å². The Kier molecular flexibility index (Phi) is 2.00. The summed E-state index contributed by atoms with van der Waals surface area (Å²) >= 11 is 0. The molecule has 2 heterocycles. The van der Waals surface area contributed by atoms with E-state index in [0.29, 0.717) is 22.8 Å². The number of Topliss-reactive ketones (excluding diaryl/α,β-unsaturated/α-hetero) is 1. The second-order valence-corrected chi connectivity index (χ2v) is 3.11. The van der Waals surface area contributed by atoms with E-state index < -0.39 is 0 Å². The molecule has 0 saturated carbocycles. The van der Waals surface area contributed by atoms with E-state index >= 15 is 0 Å². The van der Waals surface area contributed by atoms with Crippen LogP contribution in [0.15, 0.2) is 33.3 Å². The van der Waals surface area contributed by atoms with Crippen molar-refractivity contribution >= 4 is 5.78 Å². The molecule has 3 nitrogen and oxygen atoms in total. The van der Waals surface area contributed by atoms with Crippen LogP contribution in [0, 0.1) is 6.92 Å². The third kappa shape index (κ3) is 1.37. The SMILES string of the molecule is CC(=O)c1cc(-c2ccco2)oc1C. The van der Waals surface area contributed by atoms with Gasteiger partial charge in [-0.3, -0.25) is 4.79 Å². The number of furan rings is 2. The monoisotopic (exact) mass is 190 g/mol. The van der Waals surface area contributed by atoms with Crippen molar-refractivity contribution in [3.05, 3.63) is 35.8 Å². The van der Waals surface area contributed by atoms with Crippen LogP contribution in [-0.2, 0) is 0 Å². The van der Waals surface area contributed by atoms with Crippen LogP contribution < -0.4 is 0 Å². The van der Waals surface area contributed by atoms with Crippen molar-refractivity contribution in [3.63, 3.8) is 0 Å². The fourth-order valence-electron chi connectivity index (χ4n) is 1.37. The minimum atomic E-state index is 0.00376. The van der Waals surface area contributed by atoms with Crippen molar-refractivity contribution < 1.29 is 13.6 Å². The standard InChI is InChI=1S/C11H10O3/c1-7(12)9-6-11(14-8(9)2)10-4-3-5-13-10/h3-6H,1-2H3. The first-order chi connectivity index (χ1) is 6.68. The van der Waals surface area contributed by atoms with E-state index in [-0.39, 0.29) is 5.78 Å². The summed E-state index contributed by atoms with van der Waals surface area (Å²) in [5, 5.41) is 0. The number of carbonyl (C=O) groups is 1. The summed E-state index contributed by atoms with van der Waals surface area (Å²) in [7, 11) is 0. The van der Waals surface area contributed by atoms with Gasteiger partial charge in [0.25, 0.3) is 0 Å². The van der Waals surface area contributed by atoms with Crippen LogP contribution in [0.4, 0.5) is 0 Å². The summed E-state index contributed by atoms with van der Waals surface area (Å²) in [6.07, 6.45) is 1.57. The van der Waals surface area contributed by atoms with E-state index in [1.54, 1.807) is 31.4 Å². The van der Waals surface area contributed by atoms with Gasteiger partial charge in [-0.15, -0.1) is 0 Å². The molecule has 0 saturated heterocycles. The van der Waals surface area contributed by atoms with Crippen LogP contribution in [0.25, 0.3) is 11.5 Å². The number of hydrogen-bond acceptors (Lipinski definition) is 3. The van der Waals surface area contributed by atoms with E-state index in [9.17, 15) is 4.79 Å². The van der Waals surface area contributed by atoms with Gasteiger partial charge >= 0.3 is 0 Å². The molecule has 2 rings (SSSR count). The highest BCUT2D eigenvalue weighted by molar-refractivity contribution is 5.95. The van der Waals surface area contributed by atoms with Crippen LogP contribution in [0.2, 0.25) is 0 Å². The average molecular weight is 190 g/mol. The van der Waals surface area contributed by atoms with Crippen LogP contribution in [-0.4, -0.2) is 5.78 Å². The zero-order valence-corrected chi connectivity index (χ0v) is 8.03. The molecule has 0 N–H and O–H groups in total. The molecular formula is C11H10O3. The molecule has 0 unspecified atom stereocenters. The lowest BCUT2D eigenvalue weighted by atomic mass is 10.2. The number of aryl methyl sites for hydroxylation is 1. The largest absolute Gasteiger partial charge is 0.461 e. The molecule has 0 bridgehead atoms. The van der Waals surface area contributed by atoms with Gasteiger partial charge < -0.3 is 8.83 Å². The van der Waals surface area contributed by atoms with Gasteiger partial charge in [0.15, 0.2) is 17.3 Å². The average Bonchev–Trinajstić information content (AvgIpc) is 2.70. The molecule has 3 heteroatoms. The fraction of sp³-hybridized carbons (Fsp3) is 0.182. The van der Waals surface area contributed by atoms with Crippen LogP contribution in [0.5, 0.6) is 0 Å². The lowest BCUT2D eigenvalue weighted by molar-refractivity contribution is 0.101. The van der Waals surface area contributed by atoms with Gasteiger partial charge in [0.05, 0.1) is 11.8 Å². The molecule has 0 amide bonds. The molecule has 2 aromatic heterocycles. The Hall–Kier alpha value is -1.77. The zero-order valence-electron chi connectivity index (χ0n) is 8.03. The molecule has 72 valence electrons. The molecule has 14 heavy (non-hydrogen) atoms. The summed E-state index contributed by atoms with van der Waals surface area (Å²) in [5.74, 6) is 1.87. The van der Waals surface area contributed by atoms with Crippen molar-refractivity contribution in [2.24, 2.45) is 0 Å². The van der Waals surface area contributed by atoms with Gasteiger partial charge in [-0.1, -0.05) is 0 Å². The summed E-state index contributed by atoms with van der Waals surface area (Å²) in [5.41, 5.74) is 0.608. The van der Waals surface area contributed by atoms with Crippen molar-refractivity contribution in [2.45, 2.75) is 13.8 Å². The highest BCUT2D eigenvalue weighted by Crippen LogP contribution is 2.25. The first-order valence-electron chi connectivity index (χ1n) is 4.33. The van der Waals surface area contributed by atoms with Crippen molar-refractivity contribution in [2.75, 3.05) is 0 Å². The number of ketones is 1. The Labute approximate surface area is 81.3 Å². The molecule has 0 aromatic carbocycles. The van der Waals surface area contributed by atoms with E-state index in [0.717, 1.165) is 0 Å². The third-order valence-electron chi connectivity index (χ3n) is 2.06. The molecule has 0 atom stereocenters. The number of carbonyl (C=O) groups excluding carboxylic acids is 1. The quantitative estimate of drug-likeness (QED) is 0.683. The predicted molar refractivity (Wildman–Crippen MR) is 51.2 cm³/mol. The lowest BCUT2D eigenvalue weighted by Gasteiger charge is -1.87. The molecule has 0 aliphatic rings. The summed E-state index contributed by atoms with van der Waals surface area (Å²) in [6.45, 7) is 3.28. The topological polar surface area (TPSA) is 43.4 Å². The van der Waals surface area contributed by atoms with Crippen molar-refractivity contribution in [1.82, 2.24) is 0 Å².